The normalized spacial score (nSPS) is 19.2. The monoisotopic (exact) mass is 284 g/mol. The van der Waals surface area contributed by atoms with E-state index in [-0.39, 0.29) is 11.6 Å². The molecule has 1 saturated carbocycles. The Bertz CT molecular complexity index is 391. The Kier molecular flexibility index (Phi) is 3.24. The van der Waals surface area contributed by atoms with Gasteiger partial charge in [-0.1, -0.05) is 15.9 Å². The molecule has 3 nitrogen and oxygen atoms in total. The van der Waals surface area contributed by atoms with Crippen LogP contribution in [0.5, 0.6) is 5.75 Å². The van der Waals surface area contributed by atoms with Crippen LogP contribution in [0.1, 0.15) is 24.4 Å². The Balaban J connectivity index is 2.40. The Morgan fingerprint density at radius 3 is 2.69 bits per heavy atom. The molecule has 0 aliphatic heterocycles. The van der Waals surface area contributed by atoms with Gasteiger partial charge in [0, 0.05) is 15.6 Å². The average Bonchev–Trinajstić information content (AvgIpc) is 2.98. The van der Waals surface area contributed by atoms with E-state index in [2.05, 4.69) is 27.3 Å². The molecule has 0 bridgehead atoms. The zero-order valence-electron chi connectivity index (χ0n) is 9.59. The van der Waals surface area contributed by atoms with Crippen LogP contribution in [0.2, 0.25) is 0 Å². The first-order valence-electron chi connectivity index (χ1n) is 5.40. The molecule has 0 spiro atoms. The molecule has 1 fully saturated rings. The first kappa shape index (κ1) is 11.9. The zero-order valence-corrected chi connectivity index (χ0v) is 11.2. The molecule has 1 aromatic carbocycles. The molecule has 4 heteroatoms. The summed E-state index contributed by atoms with van der Waals surface area (Å²) in [5.41, 5.74) is 7.29. The van der Waals surface area contributed by atoms with E-state index < -0.39 is 0 Å². The van der Waals surface area contributed by atoms with Gasteiger partial charge in [-0.25, -0.2) is 0 Å². The fraction of sp³-hybridized carbons (Fsp3) is 0.500. The van der Waals surface area contributed by atoms with E-state index in [1.807, 2.05) is 19.2 Å². The van der Waals surface area contributed by atoms with Crippen LogP contribution >= 0.6 is 15.9 Å². The number of nitrogens with two attached hydrogens (primary N) is 1. The summed E-state index contributed by atoms with van der Waals surface area (Å²) in [6, 6.07) is 6.17. The number of benzene rings is 1. The van der Waals surface area contributed by atoms with Crippen molar-refractivity contribution in [3.8, 4) is 5.75 Å². The topological polar surface area (TPSA) is 47.3 Å². The summed E-state index contributed by atoms with van der Waals surface area (Å²) >= 11 is 3.49. The van der Waals surface area contributed by atoms with Crippen molar-refractivity contribution in [2.24, 2.45) is 5.73 Å². The van der Waals surface area contributed by atoms with Crippen LogP contribution in [0.15, 0.2) is 22.7 Å². The molecule has 0 saturated heterocycles. The maximum absolute atomic E-state index is 6.27. The van der Waals surface area contributed by atoms with E-state index in [1.165, 1.54) is 0 Å². The summed E-state index contributed by atoms with van der Waals surface area (Å²) < 4.78 is 6.44. The molecule has 1 aliphatic rings. The predicted molar refractivity (Wildman–Crippen MR) is 68.6 cm³/mol. The van der Waals surface area contributed by atoms with Crippen molar-refractivity contribution in [2.45, 2.75) is 24.4 Å². The summed E-state index contributed by atoms with van der Waals surface area (Å²) in [5.74, 6) is 0.888. The van der Waals surface area contributed by atoms with Crippen LogP contribution in [0.3, 0.4) is 0 Å². The molecule has 88 valence electrons. The van der Waals surface area contributed by atoms with Crippen molar-refractivity contribution in [2.75, 3.05) is 14.2 Å². The van der Waals surface area contributed by atoms with E-state index in [0.717, 1.165) is 28.6 Å². The van der Waals surface area contributed by atoms with Crippen molar-refractivity contribution < 1.29 is 4.74 Å². The Labute approximate surface area is 104 Å². The number of hydrogen-bond donors (Lipinski definition) is 2. The minimum Gasteiger partial charge on any atom is -0.496 e. The number of likely N-dealkylation sites (N-methyl/N-ethyl adjacent to an activating group) is 1. The van der Waals surface area contributed by atoms with Crippen molar-refractivity contribution in [1.29, 1.82) is 0 Å². The maximum Gasteiger partial charge on any atom is 0.123 e. The maximum atomic E-state index is 6.27. The van der Waals surface area contributed by atoms with Crippen molar-refractivity contribution in [1.82, 2.24) is 5.32 Å². The van der Waals surface area contributed by atoms with Gasteiger partial charge in [0.05, 0.1) is 13.2 Å². The smallest absolute Gasteiger partial charge is 0.123 e. The Morgan fingerprint density at radius 1 is 1.50 bits per heavy atom. The molecule has 0 radical (unpaired) electrons. The molecule has 1 aliphatic carbocycles. The number of nitrogens with one attached hydrogen (secondary N) is 1. The highest BCUT2D eigenvalue weighted by molar-refractivity contribution is 9.10. The van der Waals surface area contributed by atoms with E-state index in [0.29, 0.717) is 0 Å². The SMILES string of the molecule is CNC(c1cc(Br)ccc1OC)C1(N)CC1. The van der Waals surface area contributed by atoms with Crippen molar-refractivity contribution >= 4 is 15.9 Å². The lowest BCUT2D eigenvalue weighted by Gasteiger charge is -2.25. The number of hydrogen-bond acceptors (Lipinski definition) is 3. The molecule has 16 heavy (non-hydrogen) atoms. The lowest BCUT2D eigenvalue weighted by molar-refractivity contribution is 0.386. The van der Waals surface area contributed by atoms with Gasteiger partial charge in [-0.2, -0.15) is 0 Å². The minimum atomic E-state index is -0.108. The van der Waals surface area contributed by atoms with E-state index in [1.54, 1.807) is 7.11 Å². The third kappa shape index (κ3) is 2.10. The number of methoxy groups -OCH3 is 1. The first-order chi connectivity index (χ1) is 7.60. The van der Waals surface area contributed by atoms with Gasteiger partial charge in [0.25, 0.3) is 0 Å². The summed E-state index contributed by atoms with van der Waals surface area (Å²) in [5, 5.41) is 3.30. The molecule has 1 atom stereocenters. The largest absolute Gasteiger partial charge is 0.496 e. The van der Waals surface area contributed by atoms with Gasteiger partial charge in [-0.3, -0.25) is 0 Å². The highest BCUT2D eigenvalue weighted by Gasteiger charge is 2.46. The van der Waals surface area contributed by atoms with Crippen LogP contribution in [0, 0.1) is 0 Å². The van der Waals surface area contributed by atoms with Gasteiger partial charge in [-0.15, -0.1) is 0 Å². The highest BCUT2D eigenvalue weighted by Crippen LogP contribution is 2.46. The van der Waals surface area contributed by atoms with Gasteiger partial charge in [-0.05, 0) is 38.1 Å². The molecular weight excluding hydrogens is 268 g/mol. The first-order valence-corrected chi connectivity index (χ1v) is 6.19. The fourth-order valence-corrected chi connectivity index (χ4v) is 2.50. The molecular formula is C12H17BrN2O. The van der Waals surface area contributed by atoms with Gasteiger partial charge < -0.3 is 15.8 Å². The summed E-state index contributed by atoms with van der Waals surface area (Å²) in [7, 11) is 3.63. The van der Waals surface area contributed by atoms with Crippen LogP contribution in [0.25, 0.3) is 0 Å². The second-order valence-electron chi connectivity index (χ2n) is 4.34. The number of rotatable bonds is 4. The molecule has 1 aromatic rings. The highest BCUT2D eigenvalue weighted by atomic mass is 79.9. The lowest BCUT2D eigenvalue weighted by Crippen LogP contribution is -2.38. The van der Waals surface area contributed by atoms with Crippen LogP contribution in [0.4, 0.5) is 0 Å². The number of halogens is 1. The fourth-order valence-electron chi connectivity index (χ4n) is 2.12. The Hall–Kier alpha value is -0.580. The van der Waals surface area contributed by atoms with Gasteiger partial charge in [0.1, 0.15) is 5.75 Å². The van der Waals surface area contributed by atoms with E-state index in [4.69, 9.17) is 10.5 Å². The third-order valence-electron chi connectivity index (χ3n) is 3.19. The summed E-state index contributed by atoms with van der Waals surface area (Å²) in [6.07, 6.45) is 2.13. The predicted octanol–water partition coefficient (Wildman–Crippen LogP) is 2.21. The second-order valence-corrected chi connectivity index (χ2v) is 5.26. The average molecular weight is 285 g/mol. The molecule has 3 N–H and O–H groups in total. The molecule has 1 unspecified atom stereocenters. The summed E-state index contributed by atoms with van der Waals surface area (Å²) in [4.78, 5) is 0. The third-order valence-corrected chi connectivity index (χ3v) is 3.69. The standard InChI is InChI=1S/C12H17BrN2O/c1-15-11(12(14)5-6-12)9-7-8(13)3-4-10(9)16-2/h3-4,7,11,15H,5-6,14H2,1-2H3. The van der Waals surface area contributed by atoms with E-state index in [9.17, 15) is 0 Å². The lowest BCUT2D eigenvalue weighted by atomic mass is 9.97. The quantitative estimate of drug-likeness (QED) is 0.891. The van der Waals surface area contributed by atoms with Crippen LogP contribution in [-0.4, -0.2) is 19.7 Å². The Morgan fingerprint density at radius 2 is 2.19 bits per heavy atom. The zero-order chi connectivity index (χ0) is 11.8. The van der Waals surface area contributed by atoms with Gasteiger partial charge in [0.15, 0.2) is 0 Å². The van der Waals surface area contributed by atoms with Crippen LogP contribution < -0.4 is 15.8 Å². The number of ether oxygens (including phenoxy) is 1. The van der Waals surface area contributed by atoms with E-state index >= 15 is 0 Å². The molecule has 0 amide bonds. The molecule has 2 rings (SSSR count). The van der Waals surface area contributed by atoms with Gasteiger partial charge in [0.2, 0.25) is 0 Å². The molecule has 0 aromatic heterocycles. The summed E-state index contributed by atoms with van der Waals surface area (Å²) in [6.45, 7) is 0. The van der Waals surface area contributed by atoms with Crippen molar-refractivity contribution in [3.63, 3.8) is 0 Å². The van der Waals surface area contributed by atoms with Crippen molar-refractivity contribution in [3.05, 3.63) is 28.2 Å². The van der Waals surface area contributed by atoms with Crippen LogP contribution in [-0.2, 0) is 0 Å². The second kappa shape index (κ2) is 4.35. The molecule has 0 heterocycles. The van der Waals surface area contributed by atoms with Gasteiger partial charge >= 0.3 is 0 Å². The minimum absolute atomic E-state index is 0.108.